The zero-order valence-electron chi connectivity index (χ0n) is 27.8. The van der Waals surface area contributed by atoms with Gasteiger partial charge in [-0.05, 0) is 53.4 Å². The lowest BCUT2D eigenvalue weighted by atomic mass is 10.0. The number of methoxy groups -OCH3 is 2. The molecule has 254 valence electrons. The van der Waals surface area contributed by atoms with Crippen molar-refractivity contribution in [1.82, 2.24) is 21.3 Å². The van der Waals surface area contributed by atoms with Crippen LogP contribution in [0.4, 0.5) is 9.59 Å². The van der Waals surface area contributed by atoms with Gasteiger partial charge in [0.2, 0.25) is 11.8 Å². The number of nitrogens with one attached hydrogen (secondary N) is 4. The molecule has 0 bridgehead atoms. The Morgan fingerprint density at radius 1 is 0.568 bits per heavy atom. The average molecular weight is 667 g/mol. The molecule has 0 aromatic carbocycles. The number of ether oxygens (including phenoxy) is 4. The average Bonchev–Trinajstić information content (AvgIpc) is 2.87. The highest BCUT2D eigenvalue weighted by Crippen LogP contribution is 2.24. The van der Waals surface area contributed by atoms with Crippen LogP contribution in [-0.2, 0) is 38.1 Å². The molecule has 0 aromatic heterocycles. The van der Waals surface area contributed by atoms with Crippen molar-refractivity contribution < 1.29 is 47.7 Å². The molecule has 4 N–H and O–H groups in total. The minimum atomic E-state index is -1.08. The van der Waals surface area contributed by atoms with E-state index in [1.54, 1.807) is 69.2 Å². The number of esters is 2. The number of alkyl carbamates (subject to hydrolysis) is 2. The fourth-order valence-electron chi connectivity index (χ4n) is 3.32. The van der Waals surface area contributed by atoms with Gasteiger partial charge < -0.3 is 40.2 Å². The Hall–Kier alpha value is -2.88. The van der Waals surface area contributed by atoms with E-state index in [0.29, 0.717) is 0 Å². The molecule has 4 amide bonds. The van der Waals surface area contributed by atoms with Crippen LogP contribution in [-0.4, -0.2) is 97.0 Å². The van der Waals surface area contributed by atoms with Gasteiger partial charge >= 0.3 is 24.1 Å². The van der Waals surface area contributed by atoms with Crippen LogP contribution in [0.3, 0.4) is 0 Å². The molecule has 0 aliphatic rings. The third-order valence-electron chi connectivity index (χ3n) is 5.40. The maximum Gasteiger partial charge on any atom is 0.408 e. The van der Waals surface area contributed by atoms with Crippen LogP contribution in [0, 0.1) is 11.8 Å². The molecule has 16 heteroatoms. The Balaban J connectivity index is 5.38. The number of hydrogen-bond acceptors (Lipinski definition) is 12. The lowest BCUT2D eigenvalue weighted by Gasteiger charge is -2.27. The summed E-state index contributed by atoms with van der Waals surface area (Å²) in [6.07, 6.45) is -1.55. The zero-order chi connectivity index (χ0) is 34.4. The summed E-state index contributed by atoms with van der Waals surface area (Å²) in [7, 11) is 4.64. The number of amides is 4. The van der Waals surface area contributed by atoms with Crippen molar-refractivity contribution in [2.45, 2.75) is 105 Å². The van der Waals surface area contributed by atoms with Crippen molar-refractivity contribution in [2.75, 3.05) is 25.7 Å². The van der Waals surface area contributed by atoms with Gasteiger partial charge in [0.05, 0.1) is 14.2 Å². The fourth-order valence-corrected chi connectivity index (χ4v) is 5.61. The van der Waals surface area contributed by atoms with E-state index in [9.17, 15) is 28.8 Å². The first kappa shape index (κ1) is 41.1. The number of carbonyl (C=O) groups is 6. The topological polar surface area (TPSA) is 187 Å². The Morgan fingerprint density at radius 3 is 1.09 bits per heavy atom. The van der Waals surface area contributed by atoms with Gasteiger partial charge in [0.1, 0.15) is 35.4 Å². The third kappa shape index (κ3) is 16.8. The van der Waals surface area contributed by atoms with Crippen molar-refractivity contribution in [3.05, 3.63) is 0 Å². The first-order valence-electron chi connectivity index (χ1n) is 14.1. The van der Waals surface area contributed by atoms with E-state index >= 15 is 0 Å². The largest absolute Gasteiger partial charge is 0.467 e. The van der Waals surface area contributed by atoms with Gasteiger partial charge in [-0.1, -0.05) is 49.3 Å². The van der Waals surface area contributed by atoms with Crippen molar-refractivity contribution in [3.63, 3.8) is 0 Å². The van der Waals surface area contributed by atoms with E-state index in [-0.39, 0.29) is 23.3 Å². The Labute approximate surface area is 268 Å². The van der Waals surface area contributed by atoms with Crippen LogP contribution in [0.25, 0.3) is 0 Å². The first-order valence-corrected chi connectivity index (χ1v) is 16.6. The zero-order valence-corrected chi connectivity index (χ0v) is 29.4. The highest BCUT2D eigenvalue weighted by molar-refractivity contribution is 8.76. The summed E-state index contributed by atoms with van der Waals surface area (Å²) in [6.45, 7) is 17.1. The Morgan fingerprint density at radius 2 is 0.864 bits per heavy atom. The maximum absolute atomic E-state index is 13.0. The van der Waals surface area contributed by atoms with Crippen molar-refractivity contribution in [1.29, 1.82) is 0 Å². The summed E-state index contributed by atoms with van der Waals surface area (Å²) in [5.74, 6) is -3.21. The monoisotopic (exact) mass is 666 g/mol. The maximum atomic E-state index is 13.0. The highest BCUT2D eigenvalue weighted by atomic mass is 33.1. The predicted molar refractivity (Wildman–Crippen MR) is 169 cm³/mol. The minimum Gasteiger partial charge on any atom is -0.467 e. The summed E-state index contributed by atoms with van der Waals surface area (Å²) in [6, 6.07) is -4.14. The van der Waals surface area contributed by atoms with Crippen molar-refractivity contribution in [3.8, 4) is 0 Å². The summed E-state index contributed by atoms with van der Waals surface area (Å²) in [5, 5.41) is 10.3. The molecule has 0 heterocycles. The molecular formula is C28H50N4O10S2. The molecular weight excluding hydrogens is 616 g/mol. The third-order valence-corrected chi connectivity index (χ3v) is 7.82. The van der Waals surface area contributed by atoms with Gasteiger partial charge in [0.15, 0.2) is 0 Å². The first-order chi connectivity index (χ1) is 20.1. The van der Waals surface area contributed by atoms with E-state index in [1.165, 1.54) is 14.2 Å². The van der Waals surface area contributed by atoms with Gasteiger partial charge in [-0.15, -0.1) is 0 Å². The van der Waals surface area contributed by atoms with Crippen molar-refractivity contribution >= 4 is 57.5 Å². The SMILES string of the molecule is COC(=O)[C@H](CSSC[C@H](NC(=O)[C@@H](NC(=O)OC(C)(C)C)C(C)C)C(=O)OC)NC(=O)[C@@H](NC(=O)OC(C)(C)C)C(C)C. The fraction of sp³-hybridized carbons (Fsp3) is 0.786. The van der Waals surface area contributed by atoms with Crippen LogP contribution in [0.5, 0.6) is 0 Å². The van der Waals surface area contributed by atoms with Crippen molar-refractivity contribution in [2.24, 2.45) is 11.8 Å². The van der Waals surface area contributed by atoms with E-state index in [2.05, 4.69) is 21.3 Å². The quantitative estimate of drug-likeness (QED) is 0.0868. The standard InChI is InChI=1S/C28H50N4O10S2/c1-15(2)19(31-25(37)41-27(5,6)7)21(33)29-17(23(35)39-11)13-43-44-14-18(24(36)40-12)30-22(34)20(16(3)4)32-26(38)42-28(8,9)10/h15-20H,13-14H2,1-12H3,(H,29,33)(H,30,34)(H,31,37)(H,32,38)/t17-,18-,19-,20-/m0/s1. The number of hydrogen-bond donors (Lipinski definition) is 4. The molecule has 14 nitrogen and oxygen atoms in total. The van der Waals surface area contributed by atoms with Gasteiger partial charge in [-0.2, -0.15) is 0 Å². The summed E-state index contributed by atoms with van der Waals surface area (Å²) < 4.78 is 20.2. The van der Waals surface area contributed by atoms with E-state index in [0.717, 1.165) is 21.6 Å². The second-order valence-electron chi connectivity index (χ2n) is 12.5. The number of carbonyl (C=O) groups excluding carboxylic acids is 6. The smallest absolute Gasteiger partial charge is 0.408 e. The Bertz CT molecular complexity index is 918. The molecule has 0 saturated carbocycles. The second-order valence-corrected chi connectivity index (χ2v) is 15.0. The van der Waals surface area contributed by atoms with Crippen LogP contribution in [0.15, 0.2) is 0 Å². The predicted octanol–water partition coefficient (Wildman–Crippen LogP) is 2.78. The van der Waals surface area contributed by atoms with Gasteiger partial charge in [-0.25, -0.2) is 19.2 Å². The van der Waals surface area contributed by atoms with Gasteiger partial charge in [-0.3, -0.25) is 9.59 Å². The minimum absolute atomic E-state index is 0.0387. The molecule has 0 aliphatic heterocycles. The van der Waals surface area contributed by atoms with E-state index in [4.69, 9.17) is 18.9 Å². The second kappa shape index (κ2) is 18.8. The molecule has 0 radical (unpaired) electrons. The summed E-state index contributed by atoms with van der Waals surface area (Å²) in [5.41, 5.74) is -1.54. The molecule has 0 rings (SSSR count). The number of rotatable bonds is 15. The lowest BCUT2D eigenvalue weighted by molar-refractivity contribution is -0.145. The molecule has 0 unspecified atom stereocenters. The summed E-state index contributed by atoms with van der Waals surface area (Å²) >= 11 is 0. The van der Waals surface area contributed by atoms with E-state index in [1.807, 2.05) is 0 Å². The molecule has 0 aliphatic carbocycles. The van der Waals surface area contributed by atoms with Crippen LogP contribution in [0.1, 0.15) is 69.2 Å². The lowest BCUT2D eigenvalue weighted by Crippen LogP contribution is -2.55. The molecule has 44 heavy (non-hydrogen) atoms. The molecule has 4 atom stereocenters. The molecule has 0 spiro atoms. The van der Waals surface area contributed by atoms with Crippen LogP contribution in [0.2, 0.25) is 0 Å². The van der Waals surface area contributed by atoms with Gasteiger partial charge in [0, 0.05) is 11.5 Å². The Kier molecular flexibility index (Phi) is 17.6. The molecule has 0 saturated heterocycles. The molecule has 0 aromatic rings. The van der Waals surface area contributed by atoms with Crippen LogP contribution >= 0.6 is 21.6 Å². The molecule has 0 fully saturated rings. The normalized spacial score (nSPS) is 14.4. The van der Waals surface area contributed by atoms with Gasteiger partial charge in [0.25, 0.3) is 0 Å². The van der Waals surface area contributed by atoms with E-state index < -0.39 is 71.3 Å². The highest BCUT2D eigenvalue weighted by Gasteiger charge is 2.33. The summed E-state index contributed by atoms with van der Waals surface area (Å²) in [4.78, 5) is 75.5. The van der Waals surface area contributed by atoms with Crippen LogP contribution < -0.4 is 21.3 Å².